The molecule has 0 saturated carbocycles. The Morgan fingerprint density at radius 1 is 0.898 bits per heavy atom. The molecular weight excluding hydrogens is 674 g/mol. The van der Waals surface area contributed by atoms with Gasteiger partial charge in [-0.3, -0.25) is 0 Å². The second-order valence-electron chi connectivity index (χ2n) is 12.1. The van der Waals surface area contributed by atoms with Gasteiger partial charge in [-0.15, -0.1) is 0 Å². The molecule has 0 aliphatic heterocycles. The van der Waals surface area contributed by atoms with Crippen molar-refractivity contribution in [3.63, 3.8) is 0 Å². The van der Waals surface area contributed by atoms with Crippen LogP contribution in [0.5, 0.6) is 5.75 Å². The molecule has 0 aliphatic rings. The Labute approximate surface area is 293 Å². The van der Waals surface area contributed by atoms with E-state index in [9.17, 15) is 23.1 Å². The Bertz CT molecular complexity index is 1580. The predicted molar refractivity (Wildman–Crippen MR) is 185 cm³/mol. The van der Waals surface area contributed by atoms with Crippen LogP contribution in [0, 0.1) is 0 Å². The number of carbonyl (C=O) groups is 2. The molecule has 0 spiro atoms. The number of ether oxygens (including phenoxy) is 5. The van der Waals surface area contributed by atoms with Gasteiger partial charge in [0.15, 0.2) is 6.61 Å². The van der Waals surface area contributed by atoms with Gasteiger partial charge >= 0.3 is 12.1 Å². The van der Waals surface area contributed by atoms with Crippen LogP contribution in [0.15, 0.2) is 82.6 Å². The lowest BCUT2D eigenvalue weighted by atomic mass is 10.1. The van der Waals surface area contributed by atoms with Crippen molar-refractivity contribution in [1.29, 1.82) is 0 Å². The van der Waals surface area contributed by atoms with E-state index in [2.05, 4.69) is 0 Å². The molecule has 1 N–H and O–H groups in total. The molecule has 3 aromatic carbocycles. The van der Waals surface area contributed by atoms with E-state index in [-0.39, 0.29) is 42.7 Å². The second kappa shape index (κ2) is 18.9. The van der Waals surface area contributed by atoms with Gasteiger partial charge in [0.1, 0.15) is 17.5 Å². The number of aliphatic hydroxyl groups is 1. The lowest BCUT2D eigenvalue weighted by Crippen LogP contribution is -2.40. The molecule has 0 aliphatic carbocycles. The van der Waals surface area contributed by atoms with Crippen LogP contribution in [0.25, 0.3) is 0 Å². The summed E-state index contributed by atoms with van der Waals surface area (Å²) in [7, 11) is -3.86. The Hall–Kier alpha value is -3.68. The first-order valence-electron chi connectivity index (χ1n) is 16.0. The molecule has 3 aromatic rings. The van der Waals surface area contributed by atoms with Gasteiger partial charge in [-0.25, -0.2) is 18.0 Å². The fourth-order valence-electron chi connectivity index (χ4n) is 4.54. The standard InChI is InChI=1S/C36H46ClNO10S/c1-6-44-23-30(24-45-7-2)47-34(40)25-46-29-13-17-32(18-14-29)49(42,43)31-15-11-26(12-16-31)19-20-38(35(41)48-36(3,4)5)22-33(39)27-9-8-10-28(37)21-27/h8-18,21,30,33,39H,6-7,19-20,22-25H2,1-5H3/t33-/m0/s1. The number of hydrogen-bond donors (Lipinski definition) is 1. The molecule has 0 aromatic heterocycles. The van der Waals surface area contributed by atoms with Crippen LogP contribution in [-0.2, 0) is 40.0 Å². The number of nitrogens with zero attached hydrogens (tertiary/aromatic N) is 1. The van der Waals surface area contributed by atoms with E-state index < -0.39 is 39.7 Å². The van der Waals surface area contributed by atoms with Crippen molar-refractivity contribution in [2.24, 2.45) is 0 Å². The average Bonchev–Trinajstić information content (AvgIpc) is 3.06. The van der Waals surface area contributed by atoms with Crippen LogP contribution in [0.4, 0.5) is 4.79 Å². The third-order valence-corrected chi connectivity index (χ3v) is 9.01. The normalized spacial score (nSPS) is 12.4. The first kappa shape index (κ1) is 39.8. The Morgan fingerprint density at radius 2 is 1.49 bits per heavy atom. The van der Waals surface area contributed by atoms with Crippen molar-refractivity contribution in [2.45, 2.75) is 68.6 Å². The third-order valence-electron chi connectivity index (χ3n) is 6.99. The first-order chi connectivity index (χ1) is 23.2. The maximum absolute atomic E-state index is 13.3. The van der Waals surface area contributed by atoms with Gasteiger partial charge in [0.25, 0.3) is 0 Å². The van der Waals surface area contributed by atoms with Crippen molar-refractivity contribution in [1.82, 2.24) is 4.90 Å². The predicted octanol–water partition coefficient (Wildman–Crippen LogP) is 6.05. The Balaban J connectivity index is 1.61. The molecule has 0 heterocycles. The lowest BCUT2D eigenvalue weighted by Gasteiger charge is -2.29. The fraction of sp³-hybridized carbons (Fsp3) is 0.444. The highest BCUT2D eigenvalue weighted by Crippen LogP contribution is 2.25. The maximum atomic E-state index is 13.3. The van der Waals surface area contributed by atoms with Crippen LogP contribution in [0.3, 0.4) is 0 Å². The molecule has 0 radical (unpaired) electrons. The van der Waals surface area contributed by atoms with E-state index >= 15 is 0 Å². The van der Waals surface area contributed by atoms with Crippen molar-refractivity contribution in [3.05, 3.63) is 88.9 Å². The van der Waals surface area contributed by atoms with E-state index in [0.29, 0.717) is 36.0 Å². The summed E-state index contributed by atoms with van der Waals surface area (Å²) in [6.45, 7) is 10.1. The summed E-state index contributed by atoms with van der Waals surface area (Å²) in [6, 6.07) is 18.9. The van der Waals surface area contributed by atoms with Crippen molar-refractivity contribution < 1.29 is 46.8 Å². The van der Waals surface area contributed by atoms with Gasteiger partial charge in [0.2, 0.25) is 9.84 Å². The van der Waals surface area contributed by atoms with Gasteiger partial charge in [-0.1, -0.05) is 35.9 Å². The first-order valence-corrected chi connectivity index (χ1v) is 17.9. The number of hydrogen-bond acceptors (Lipinski definition) is 10. The summed E-state index contributed by atoms with van der Waals surface area (Å²) in [4.78, 5) is 26.9. The van der Waals surface area contributed by atoms with Gasteiger partial charge in [-0.05, 0) is 101 Å². The van der Waals surface area contributed by atoms with Gasteiger partial charge in [-0.2, -0.15) is 0 Å². The summed E-state index contributed by atoms with van der Waals surface area (Å²) in [5.41, 5.74) is 0.613. The minimum Gasteiger partial charge on any atom is -0.482 e. The second-order valence-corrected chi connectivity index (χ2v) is 14.5. The fourth-order valence-corrected chi connectivity index (χ4v) is 6.00. The van der Waals surface area contributed by atoms with E-state index in [1.807, 2.05) is 13.8 Å². The number of benzene rings is 3. The number of carbonyl (C=O) groups excluding carboxylic acids is 2. The van der Waals surface area contributed by atoms with E-state index in [4.69, 9.17) is 35.3 Å². The quantitative estimate of drug-likeness (QED) is 0.155. The lowest BCUT2D eigenvalue weighted by molar-refractivity contribution is -0.158. The number of sulfone groups is 1. The van der Waals surface area contributed by atoms with Crippen LogP contribution in [0.2, 0.25) is 5.02 Å². The Morgan fingerprint density at radius 3 is 2.04 bits per heavy atom. The van der Waals surface area contributed by atoms with Crippen molar-refractivity contribution in [3.8, 4) is 5.75 Å². The zero-order valence-corrected chi connectivity index (χ0v) is 30.2. The van der Waals surface area contributed by atoms with E-state index in [1.54, 1.807) is 57.2 Å². The minimum absolute atomic E-state index is 0.0228. The molecule has 0 fully saturated rings. The van der Waals surface area contributed by atoms with Gasteiger partial charge < -0.3 is 33.7 Å². The van der Waals surface area contributed by atoms with Crippen molar-refractivity contribution >= 4 is 33.5 Å². The van der Waals surface area contributed by atoms with Crippen LogP contribution in [0.1, 0.15) is 51.8 Å². The highest BCUT2D eigenvalue weighted by atomic mass is 35.5. The molecule has 268 valence electrons. The molecule has 49 heavy (non-hydrogen) atoms. The number of amides is 1. The summed E-state index contributed by atoms with van der Waals surface area (Å²) >= 11 is 6.08. The number of esters is 1. The zero-order valence-electron chi connectivity index (χ0n) is 28.6. The summed E-state index contributed by atoms with van der Waals surface area (Å²) in [5, 5.41) is 11.3. The topological polar surface area (TPSA) is 138 Å². The van der Waals surface area contributed by atoms with Crippen molar-refractivity contribution in [2.75, 3.05) is 46.1 Å². The summed E-state index contributed by atoms with van der Waals surface area (Å²) in [6.07, 6.45) is -1.75. The highest BCUT2D eigenvalue weighted by Gasteiger charge is 2.25. The minimum atomic E-state index is -3.86. The zero-order chi connectivity index (χ0) is 36.0. The SMILES string of the molecule is CCOCC(COCC)OC(=O)COc1ccc(S(=O)(=O)c2ccc(CCN(C[C@H](O)c3cccc(Cl)c3)C(=O)OC(C)(C)C)cc2)cc1. The molecule has 1 amide bonds. The molecule has 1 atom stereocenters. The van der Waals surface area contributed by atoms with E-state index in [0.717, 1.165) is 5.56 Å². The third kappa shape index (κ3) is 13.3. The average molecular weight is 720 g/mol. The van der Waals surface area contributed by atoms with Gasteiger partial charge in [0, 0.05) is 24.8 Å². The molecule has 3 rings (SSSR count). The van der Waals surface area contributed by atoms with Crippen LogP contribution >= 0.6 is 11.6 Å². The van der Waals surface area contributed by atoms with Gasteiger partial charge in [0.05, 0.1) is 35.7 Å². The molecule has 0 bridgehead atoms. The molecule has 11 nitrogen and oxygen atoms in total. The van der Waals surface area contributed by atoms with Crippen LogP contribution < -0.4 is 4.74 Å². The van der Waals surface area contributed by atoms with Crippen LogP contribution in [-0.4, -0.2) is 88.3 Å². The number of halogens is 1. The molecule has 0 unspecified atom stereocenters. The summed E-state index contributed by atoms with van der Waals surface area (Å²) in [5.74, 6) is -0.305. The van der Waals surface area contributed by atoms with E-state index in [1.165, 1.54) is 41.3 Å². The monoisotopic (exact) mass is 719 g/mol. The maximum Gasteiger partial charge on any atom is 0.410 e. The Kier molecular flexibility index (Phi) is 15.3. The molecule has 13 heteroatoms. The highest BCUT2D eigenvalue weighted by molar-refractivity contribution is 7.91. The number of rotatable bonds is 18. The summed E-state index contributed by atoms with van der Waals surface area (Å²) < 4.78 is 53.8. The molecular formula is C36H46ClNO10S. The molecule has 0 saturated heterocycles. The number of aliphatic hydroxyl groups excluding tert-OH is 1. The largest absolute Gasteiger partial charge is 0.482 e. The smallest absolute Gasteiger partial charge is 0.410 e.